The summed E-state index contributed by atoms with van der Waals surface area (Å²) in [5, 5.41) is 13.8. The molecule has 2 N–H and O–H groups in total. The Morgan fingerprint density at radius 3 is 2.37 bits per heavy atom. The Balaban J connectivity index is 0.000000672. The fourth-order valence-electron chi connectivity index (χ4n) is 3.42. The fraction of sp³-hybridized carbons (Fsp3) is 0.545. The summed E-state index contributed by atoms with van der Waals surface area (Å²) in [6.45, 7) is 9.56. The zero-order valence-electron chi connectivity index (χ0n) is 17.7. The summed E-state index contributed by atoms with van der Waals surface area (Å²) in [5.74, 6) is 0.979. The molecule has 30 heavy (non-hydrogen) atoms. The molecule has 2 aliphatic rings. The maximum Gasteiger partial charge on any atom is 0.290 e. The van der Waals surface area contributed by atoms with Gasteiger partial charge in [-0.05, 0) is 30.5 Å². The predicted molar refractivity (Wildman–Crippen MR) is 115 cm³/mol. The van der Waals surface area contributed by atoms with Crippen LogP contribution in [-0.4, -0.2) is 85.0 Å². The lowest BCUT2D eigenvalue weighted by molar-refractivity contribution is -0.123. The highest BCUT2D eigenvalue weighted by Crippen LogP contribution is 2.19. The Labute approximate surface area is 178 Å². The molecule has 0 radical (unpaired) electrons. The van der Waals surface area contributed by atoms with Crippen molar-refractivity contribution >= 4 is 12.9 Å². The predicted octanol–water partition coefficient (Wildman–Crippen LogP) is 2.34. The van der Waals surface area contributed by atoms with Gasteiger partial charge in [0, 0.05) is 38.8 Å². The third-order valence-electron chi connectivity index (χ3n) is 4.89. The molecule has 3 rings (SSSR count). The van der Waals surface area contributed by atoms with Crippen molar-refractivity contribution < 1.29 is 29.3 Å². The summed E-state index contributed by atoms with van der Waals surface area (Å²) in [6, 6.07) is 9.20. The topological polar surface area (TPSA) is 99.5 Å². The largest absolute Gasteiger partial charge is 0.494 e. The second-order valence-electron chi connectivity index (χ2n) is 6.84. The van der Waals surface area contributed by atoms with Crippen molar-refractivity contribution in [3.8, 4) is 5.75 Å². The SMILES string of the molecule is CCC1C=CCN1Cc1ccc(OCCCN2CCOCC2)cc1.O=CO.O=CO. The lowest BCUT2D eigenvalue weighted by Gasteiger charge is -2.26. The molecule has 0 saturated carbocycles. The average Bonchev–Trinajstić information content (AvgIpc) is 3.21. The Morgan fingerprint density at radius 2 is 1.77 bits per heavy atom. The quantitative estimate of drug-likeness (QED) is 0.374. The Bertz CT molecular complexity index is 596. The van der Waals surface area contributed by atoms with Gasteiger partial charge in [0.1, 0.15) is 5.75 Å². The van der Waals surface area contributed by atoms with Crippen LogP contribution in [0.3, 0.4) is 0 Å². The molecule has 0 amide bonds. The van der Waals surface area contributed by atoms with Crippen molar-refractivity contribution in [1.82, 2.24) is 9.80 Å². The van der Waals surface area contributed by atoms with Crippen LogP contribution in [0.1, 0.15) is 25.3 Å². The van der Waals surface area contributed by atoms with Crippen LogP contribution in [0.4, 0.5) is 0 Å². The number of hydrogen-bond donors (Lipinski definition) is 2. The molecule has 0 spiro atoms. The molecule has 1 fully saturated rings. The van der Waals surface area contributed by atoms with Gasteiger partial charge in [-0.2, -0.15) is 0 Å². The second kappa shape index (κ2) is 16.4. The van der Waals surface area contributed by atoms with Gasteiger partial charge in [-0.3, -0.25) is 19.4 Å². The molecule has 8 heteroatoms. The van der Waals surface area contributed by atoms with Gasteiger partial charge in [-0.25, -0.2) is 0 Å². The molecule has 1 atom stereocenters. The van der Waals surface area contributed by atoms with E-state index in [4.69, 9.17) is 29.3 Å². The van der Waals surface area contributed by atoms with Gasteiger partial charge in [0.2, 0.25) is 0 Å². The number of carboxylic acid groups (broad SMARTS) is 2. The van der Waals surface area contributed by atoms with E-state index in [1.54, 1.807) is 0 Å². The molecule has 1 saturated heterocycles. The molecule has 8 nitrogen and oxygen atoms in total. The Kier molecular flexibility index (Phi) is 14.0. The first-order valence-electron chi connectivity index (χ1n) is 10.3. The van der Waals surface area contributed by atoms with Gasteiger partial charge in [-0.15, -0.1) is 0 Å². The summed E-state index contributed by atoms with van der Waals surface area (Å²) in [5.41, 5.74) is 1.36. The molecule has 0 aliphatic carbocycles. The third kappa shape index (κ3) is 10.4. The van der Waals surface area contributed by atoms with Gasteiger partial charge in [0.15, 0.2) is 0 Å². The van der Waals surface area contributed by atoms with Gasteiger partial charge >= 0.3 is 0 Å². The fourth-order valence-corrected chi connectivity index (χ4v) is 3.42. The van der Waals surface area contributed by atoms with Crippen molar-refractivity contribution in [2.24, 2.45) is 0 Å². The van der Waals surface area contributed by atoms with Crippen molar-refractivity contribution in [1.29, 1.82) is 0 Å². The van der Waals surface area contributed by atoms with Crippen LogP contribution in [0.5, 0.6) is 5.75 Å². The van der Waals surface area contributed by atoms with Crippen LogP contribution >= 0.6 is 0 Å². The van der Waals surface area contributed by atoms with Crippen LogP contribution in [0.2, 0.25) is 0 Å². The molecule has 2 heterocycles. The molecule has 1 unspecified atom stereocenters. The number of benzene rings is 1. The van der Waals surface area contributed by atoms with Crippen LogP contribution in [0, 0.1) is 0 Å². The van der Waals surface area contributed by atoms with E-state index in [0.717, 1.165) is 64.7 Å². The van der Waals surface area contributed by atoms with Gasteiger partial charge < -0.3 is 19.7 Å². The minimum absolute atomic E-state index is 0.250. The smallest absolute Gasteiger partial charge is 0.290 e. The lowest BCUT2D eigenvalue weighted by Crippen LogP contribution is -2.37. The van der Waals surface area contributed by atoms with E-state index < -0.39 is 0 Å². The summed E-state index contributed by atoms with van der Waals surface area (Å²) >= 11 is 0. The summed E-state index contributed by atoms with van der Waals surface area (Å²) in [7, 11) is 0. The number of ether oxygens (including phenoxy) is 2. The zero-order chi connectivity index (χ0) is 22.0. The summed E-state index contributed by atoms with van der Waals surface area (Å²) in [6.07, 6.45) is 6.85. The highest BCUT2D eigenvalue weighted by atomic mass is 16.5. The molecular weight excluding hydrogens is 388 g/mol. The van der Waals surface area contributed by atoms with Crippen LogP contribution in [-0.2, 0) is 20.9 Å². The van der Waals surface area contributed by atoms with E-state index in [1.807, 2.05) is 0 Å². The third-order valence-corrected chi connectivity index (χ3v) is 4.89. The summed E-state index contributed by atoms with van der Waals surface area (Å²) in [4.78, 5) is 21.7. The van der Waals surface area contributed by atoms with E-state index in [0.29, 0.717) is 6.04 Å². The molecule has 1 aromatic rings. The monoisotopic (exact) mass is 422 g/mol. The van der Waals surface area contributed by atoms with Crippen molar-refractivity contribution in [2.75, 3.05) is 46.0 Å². The van der Waals surface area contributed by atoms with Gasteiger partial charge in [0.25, 0.3) is 12.9 Å². The number of morpholine rings is 1. The van der Waals surface area contributed by atoms with Gasteiger partial charge in [-0.1, -0.05) is 31.2 Å². The second-order valence-corrected chi connectivity index (χ2v) is 6.84. The maximum absolute atomic E-state index is 8.36. The number of hydrogen-bond acceptors (Lipinski definition) is 6. The van der Waals surface area contributed by atoms with Crippen molar-refractivity contribution in [3.05, 3.63) is 42.0 Å². The first kappa shape index (κ1) is 25.6. The highest BCUT2D eigenvalue weighted by molar-refractivity contribution is 5.33. The minimum Gasteiger partial charge on any atom is -0.494 e. The molecule has 0 aromatic heterocycles. The molecule has 0 bridgehead atoms. The molecule has 2 aliphatic heterocycles. The first-order valence-corrected chi connectivity index (χ1v) is 10.3. The molecule has 1 aromatic carbocycles. The Hall–Kier alpha value is -2.42. The van der Waals surface area contributed by atoms with E-state index in [-0.39, 0.29) is 12.9 Å². The number of rotatable bonds is 8. The van der Waals surface area contributed by atoms with E-state index in [9.17, 15) is 0 Å². The van der Waals surface area contributed by atoms with Crippen LogP contribution in [0.25, 0.3) is 0 Å². The average molecular weight is 423 g/mol. The molecule has 168 valence electrons. The van der Waals surface area contributed by atoms with E-state index in [2.05, 4.69) is 53.1 Å². The molecular formula is C22H34N2O6. The normalized spacial score (nSPS) is 18.5. The van der Waals surface area contributed by atoms with E-state index in [1.165, 1.54) is 12.0 Å². The van der Waals surface area contributed by atoms with Crippen molar-refractivity contribution in [3.63, 3.8) is 0 Å². The minimum atomic E-state index is -0.250. The summed E-state index contributed by atoms with van der Waals surface area (Å²) < 4.78 is 11.2. The lowest BCUT2D eigenvalue weighted by atomic mass is 10.1. The number of nitrogens with zero attached hydrogens (tertiary/aromatic N) is 2. The van der Waals surface area contributed by atoms with Gasteiger partial charge in [0.05, 0.1) is 19.8 Å². The highest BCUT2D eigenvalue weighted by Gasteiger charge is 2.17. The first-order chi connectivity index (χ1) is 14.7. The zero-order valence-corrected chi connectivity index (χ0v) is 17.7. The standard InChI is InChI=1S/C20H30N2O2.2CH2O2/c1-2-19-5-3-11-22(19)17-18-6-8-20(9-7-18)24-14-4-10-21-12-15-23-16-13-21;2*2-1-3/h3,5-9,19H,2,4,10-17H2,1H3;2*1H,(H,2,3). The van der Waals surface area contributed by atoms with Crippen LogP contribution < -0.4 is 4.74 Å². The maximum atomic E-state index is 8.36. The number of carbonyl (C=O) groups is 2. The van der Waals surface area contributed by atoms with Crippen molar-refractivity contribution in [2.45, 2.75) is 32.4 Å². The van der Waals surface area contributed by atoms with Crippen LogP contribution in [0.15, 0.2) is 36.4 Å². The Morgan fingerprint density at radius 1 is 1.13 bits per heavy atom. The van der Waals surface area contributed by atoms with E-state index >= 15 is 0 Å².